The molecule has 0 radical (unpaired) electrons. The van der Waals surface area contributed by atoms with Crippen molar-refractivity contribution in [2.75, 3.05) is 6.61 Å². The number of hydrogen-bond acceptors (Lipinski definition) is 5. The Balaban J connectivity index is 1.61. The predicted molar refractivity (Wildman–Crippen MR) is 124 cm³/mol. The molecule has 1 aliphatic carbocycles. The summed E-state index contributed by atoms with van der Waals surface area (Å²) in [6.45, 7) is 6.19. The van der Waals surface area contributed by atoms with Crippen LogP contribution in [0.4, 0.5) is 0 Å². The van der Waals surface area contributed by atoms with Gasteiger partial charge in [-0.25, -0.2) is 4.79 Å². The molecule has 4 atom stereocenters. The molecule has 166 valence electrons. The molecule has 0 heterocycles. The molecular formula is C26H32O4S. The van der Waals surface area contributed by atoms with Crippen molar-refractivity contribution >= 4 is 23.7 Å². The third kappa shape index (κ3) is 6.86. The number of ether oxygens (including phenoxy) is 2. The van der Waals surface area contributed by atoms with Crippen molar-refractivity contribution in [2.24, 2.45) is 17.8 Å². The molecule has 3 rings (SSSR count). The summed E-state index contributed by atoms with van der Waals surface area (Å²) in [6, 6.07) is 19.2. The highest BCUT2D eigenvalue weighted by molar-refractivity contribution is 8.00. The number of rotatable bonds is 8. The summed E-state index contributed by atoms with van der Waals surface area (Å²) in [5, 5.41) is -0.547. The van der Waals surface area contributed by atoms with Crippen molar-refractivity contribution in [3.8, 4) is 0 Å². The molecule has 4 nitrogen and oxygen atoms in total. The van der Waals surface area contributed by atoms with Gasteiger partial charge >= 0.3 is 11.9 Å². The SMILES string of the molecule is CC(C)[C@H]1CC[C@@H](C)C[C@H]1OC(=O)COC(=O)[C@@H](Sc1ccccc1)c1ccccc1. The molecule has 0 amide bonds. The lowest BCUT2D eigenvalue weighted by Gasteiger charge is -2.36. The zero-order valence-corrected chi connectivity index (χ0v) is 19.3. The fourth-order valence-electron chi connectivity index (χ4n) is 4.17. The monoisotopic (exact) mass is 440 g/mol. The van der Waals surface area contributed by atoms with E-state index in [4.69, 9.17) is 9.47 Å². The molecular weight excluding hydrogens is 408 g/mol. The molecule has 1 saturated carbocycles. The fraction of sp³-hybridized carbons (Fsp3) is 0.462. The van der Waals surface area contributed by atoms with Crippen molar-refractivity contribution in [3.63, 3.8) is 0 Å². The molecule has 31 heavy (non-hydrogen) atoms. The summed E-state index contributed by atoms with van der Waals surface area (Å²) in [5.74, 6) is 0.461. The Bertz CT molecular complexity index is 837. The van der Waals surface area contributed by atoms with E-state index in [0.717, 1.165) is 23.3 Å². The second-order valence-electron chi connectivity index (χ2n) is 8.68. The van der Waals surface area contributed by atoms with Crippen LogP contribution in [0.2, 0.25) is 0 Å². The first-order valence-electron chi connectivity index (χ1n) is 11.1. The van der Waals surface area contributed by atoms with Crippen LogP contribution < -0.4 is 0 Å². The fourth-order valence-corrected chi connectivity index (χ4v) is 5.22. The van der Waals surface area contributed by atoms with Crippen LogP contribution in [0.5, 0.6) is 0 Å². The lowest BCUT2D eigenvalue weighted by Crippen LogP contribution is -2.37. The van der Waals surface area contributed by atoms with E-state index >= 15 is 0 Å². The van der Waals surface area contributed by atoms with Gasteiger partial charge in [0.25, 0.3) is 0 Å². The summed E-state index contributed by atoms with van der Waals surface area (Å²) in [6.07, 6.45) is 3.01. The number of benzene rings is 2. The Morgan fingerprint density at radius 3 is 2.29 bits per heavy atom. The standard InChI is InChI=1S/C26H32O4S/c1-18(2)22-15-14-19(3)16-23(22)30-24(27)17-29-26(28)25(20-10-6-4-7-11-20)31-21-12-8-5-9-13-21/h4-13,18-19,22-23,25H,14-17H2,1-3H3/t19-,22-,23-,25+/m1/s1. The van der Waals surface area contributed by atoms with Gasteiger partial charge in [-0.1, -0.05) is 75.7 Å². The van der Waals surface area contributed by atoms with E-state index in [9.17, 15) is 9.59 Å². The van der Waals surface area contributed by atoms with Crippen molar-refractivity contribution in [2.45, 2.75) is 56.3 Å². The quantitative estimate of drug-likeness (QED) is 0.368. The summed E-state index contributed by atoms with van der Waals surface area (Å²) < 4.78 is 11.2. The van der Waals surface area contributed by atoms with Crippen LogP contribution in [-0.2, 0) is 19.1 Å². The first kappa shape index (κ1) is 23.4. The smallest absolute Gasteiger partial charge is 0.344 e. The maximum Gasteiger partial charge on any atom is 0.344 e. The molecule has 0 saturated heterocycles. The summed E-state index contributed by atoms with van der Waals surface area (Å²) in [7, 11) is 0. The van der Waals surface area contributed by atoms with E-state index in [0.29, 0.717) is 17.8 Å². The van der Waals surface area contributed by atoms with Crippen molar-refractivity contribution < 1.29 is 19.1 Å². The van der Waals surface area contributed by atoms with Gasteiger partial charge < -0.3 is 9.47 Å². The van der Waals surface area contributed by atoms with Gasteiger partial charge in [-0.3, -0.25) is 4.79 Å². The highest BCUT2D eigenvalue weighted by Gasteiger charge is 2.34. The molecule has 2 aromatic rings. The molecule has 0 aliphatic heterocycles. The Morgan fingerprint density at radius 1 is 1.00 bits per heavy atom. The minimum absolute atomic E-state index is 0.0985. The second-order valence-corrected chi connectivity index (χ2v) is 9.86. The van der Waals surface area contributed by atoms with Crippen molar-refractivity contribution in [1.29, 1.82) is 0 Å². The average Bonchev–Trinajstić information content (AvgIpc) is 2.77. The highest BCUT2D eigenvalue weighted by atomic mass is 32.2. The molecule has 0 spiro atoms. The van der Waals surface area contributed by atoms with Gasteiger partial charge in [-0.15, -0.1) is 11.8 Å². The Hall–Kier alpha value is -2.27. The van der Waals surface area contributed by atoms with Crippen LogP contribution in [0.1, 0.15) is 50.8 Å². The third-order valence-corrected chi connectivity index (χ3v) is 7.13. The molecule has 2 aromatic carbocycles. The van der Waals surface area contributed by atoms with Gasteiger partial charge in [0.15, 0.2) is 6.61 Å². The lowest BCUT2D eigenvalue weighted by molar-refractivity contribution is -0.167. The van der Waals surface area contributed by atoms with Crippen LogP contribution in [0.3, 0.4) is 0 Å². The summed E-state index contributed by atoms with van der Waals surface area (Å²) in [4.78, 5) is 26.4. The zero-order chi connectivity index (χ0) is 22.2. The highest BCUT2D eigenvalue weighted by Crippen LogP contribution is 2.37. The molecule has 1 fully saturated rings. The van der Waals surface area contributed by atoms with Gasteiger partial charge in [0.2, 0.25) is 0 Å². The minimum atomic E-state index is -0.547. The van der Waals surface area contributed by atoms with Gasteiger partial charge in [0.1, 0.15) is 11.4 Å². The van der Waals surface area contributed by atoms with Gasteiger partial charge in [-0.2, -0.15) is 0 Å². The van der Waals surface area contributed by atoms with Gasteiger partial charge in [0, 0.05) is 4.90 Å². The van der Waals surface area contributed by atoms with E-state index in [1.807, 2.05) is 60.7 Å². The second kappa shape index (κ2) is 11.4. The number of hydrogen-bond donors (Lipinski definition) is 0. The Kier molecular flexibility index (Phi) is 8.59. The molecule has 0 bridgehead atoms. The minimum Gasteiger partial charge on any atom is -0.460 e. The van der Waals surface area contributed by atoms with E-state index in [-0.39, 0.29) is 12.7 Å². The van der Waals surface area contributed by atoms with Crippen LogP contribution in [0.25, 0.3) is 0 Å². The predicted octanol–water partition coefficient (Wildman–Crippen LogP) is 6.07. The Labute approximate surface area is 189 Å². The van der Waals surface area contributed by atoms with E-state index < -0.39 is 17.2 Å². The topological polar surface area (TPSA) is 52.6 Å². The molecule has 0 aromatic heterocycles. The van der Waals surface area contributed by atoms with Crippen molar-refractivity contribution in [1.82, 2.24) is 0 Å². The number of thioether (sulfide) groups is 1. The molecule has 1 aliphatic rings. The maximum absolute atomic E-state index is 12.9. The Morgan fingerprint density at radius 2 is 1.65 bits per heavy atom. The van der Waals surface area contributed by atoms with Crippen LogP contribution in [0, 0.1) is 17.8 Å². The van der Waals surface area contributed by atoms with E-state index in [1.165, 1.54) is 18.2 Å². The summed E-state index contributed by atoms with van der Waals surface area (Å²) in [5.41, 5.74) is 0.843. The third-order valence-electron chi connectivity index (χ3n) is 5.89. The molecule has 5 heteroatoms. The number of carbonyl (C=O) groups excluding carboxylic acids is 2. The zero-order valence-electron chi connectivity index (χ0n) is 18.5. The normalized spacial score (nSPS) is 22.0. The van der Waals surface area contributed by atoms with E-state index in [1.54, 1.807) is 0 Å². The van der Waals surface area contributed by atoms with Crippen LogP contribution in [-0.4, -0.2) is 24.6 Å². The lowest BCUT2D eigenvalue weighted by atomic mass is 9.75. The van der Waals surface area contributed by atoms with Crippen LogP contribution >= 0.6 is 11.8 Å². The van der Waals surface area contributed by atoms with Crippen LogP contribution in [0.15, 0.2) is 65.6 Å². The first-order valence-corrected chi connectivity index (χ1v) is 11.9. The van der Waals surface area contributed by atoms with Crippen molar-refractivity contribution in [3.05, 3.63) is 66.2 Å². The number of esters is 2. The maximum atomic E-state index is 12.9. The van der Waals surface area contributed by atoms with E-state index in [2.05, 4.69) is 20.8 Å². The van der Waals surface area contributed by atoms with Gasteiger partial charge in [-0.05, 0) is 48.3 Å². The molecule has 0 N–H and O–H groups in total. The summed E-state index contributed by atoms with van der Waals surface area (Å²) >= 11 is 1.42. The first-order chi connectivity index (χ1) is 14.9. The average molecular weight is 441 g/mol. The largest absolute Gasteiger partial charge is 0.460 e. The van der Waals surface area contributed by atoms with Gasteiger partial charge in [0.05, 0.1) is 0 Å². The number of carbonyl (C=O) groups is 2. The molecule has 0 unspecified atom stereocenters.